The Bertz CT molecular complexity index is 528. The first kappa shape index (κ1) is 21.2. The third-order valence-corrected chi connectivity index (χ3v) is 4.11. The van der Waals surface area contributed by atoms with Gasteiger partial charge >= 0.3 is 5.97 Å². The highest BCUT2D eigenvalue weighted by Gasteiger charge is 2.17. The Labute approximate surface area is 153 Å². The summed E-state index contributed by atoms with van der Waals surface area (Å²) in [6.45, 7) is 12.2. The number of ether oxygens (including phenoxy) is 1. The van der Waals surface area contributed by atoms with Crippen LogP contribution in [0.2, 0.25) is 0 Å². The Balaban J connectivity index is 2.86. The molecule has 0 heterocycles. The second-order valence-electron chi connectivity index (χ2n) is 6.46. The van der Waals surface area contributed by atoms with Crippen LogP contribution in [0, 0.1) is 0 Å². The lowest BCUT2D eigenvalue weighted by Crippen LogP contribution is -2.39. The Morgan fingerprint density at radius 1 is 1.16 bits per heavy atom. The van der Waals surface area contributed by atoms with Gasteiger partial charge in [-0.2, -0.15) is 0 Å². The molecule has 1 rings (SSSR count). The van der Waals surface area contributed by atoms with Crippen molar-refractivity contribution in [2.75, 3.05) is 19.7 Å². The van der Waals surface area contributed by atoms with E-state index in [0.29, 0.717) is 12.2 Å². The molecule has 3 nitrogen and oxygen atoms in total. The Morgan fingerprint density at radius 3 is 2.28 bits per heavy atom. The number of hydrogen-bond acceptors (Lipinski definition) is 3. The zero-order valence-electron chi connectivity index (χ0n) is 16.0. The van der Waals surface area contributed by atoms with Gasteiger partial charge in [0.05, 0.1) is 6.04 Å². The van der Waals surface area contributed by atoms with E-state index in [2.05, 4.69) is 49.6 Å². The monoisotopic (exact) mass is 343 g/mol. The summed E-state index contributed by atoms with van der Waals surface area (Å²) in [6, 6.07) is 10.3. The van der Waals surface area contributed by atoms with Crippen LogP contribution >= 0.6 is 0 Å². The number of unbranched alkanes of at least 4 members (excludes halogenated alkanes) is 2. The number of benzene rings is 1. The highest BCUT2D eigenvalue weighted by atomic mass is 16.5. The molecule has 0 amide bonds. The van der Waals surface area contributed by atoms with Gasteiger partial charge in [-0.05, 0) is 38.4 Å². The molecule has 1 unspecified atom stereocenters. The van der Waals surface area contributed by atoms with E-state index in [0.717, 1.165) is 44.3 Å². The van der Waals surface area contributed by atoms with Gasteiger partial charge in [-0.25, -0.2) is 4.79 Å². The van der Waals surface area contributed by atoms with Gasteiger partial charge in [0.15, 0.2) is 0 Å². The molecule has 0 radical (unpaired) electrons. The van der Waals surface area contributed by atoms with Crippen molar-refractivity contribution in [1.82, 2.24) is 4.90 Å². The van der Waals surface area contributed by atoms with Gasteiger partial charge in [-0.15, -0.1) is 0 Å². The molecule has 1 aromatic rings. The predicted octanol–water partition coefficient (Wildman–Crippen LogP) is 5.09. The molecular weight excluding hydrogens is 310 g/mol. The normalized spacial score (nSPS) is 12.5. The zero-order chi connectivity index (χ0) is 18.5. The van der Waals surface area contributed by atoms with Crippen LogP contribution in [-0.4, -0.2) is 36.6 Å². The molecule has 0 saturated carbocycles. The SMILES string of the molecule is C=C(C)C(=O)OCC(C=Cc1ccccc1)N(CCCC)CCCC. The summed E-state index contributed by atoms with van der Waals surface area (Å²) in [6.07, 6.45) is 8.88. The summed E-state index contributed by atoms with van der Waals surface area (Å²) >= 11 is 0. The zero-order valence-corrected chi connectivity index (χ0v) is 16.0. The van der Waals surface area contributed by atoms with Gasteiger partial charge in [0.2, 0.25) is 0 Å². The molecule has 25 heavy (non-hydrogen) atoms. The highest BCUT2D eigenvalue weighted by molar-refractivity contribution is 5.86. The van der Waals surface area contributed by atoms with Gasteiger partial charge in [0, 0.05) is 5.57 Å². The highest BCUT2D eigenvalue weighted by Crippen LogP contribution is 2.11. The van der Waals surface area contributed by atoms with Crippen LogP contribution in [0.5, 0.6) is 0 Å². The summed E-state index contributed by atoms with van der Waals surface area (Å²) in [5.41, 5.74) is 1.60. The van der Waals surface area contributed by atoms with Crippen molar-refractivity contribution in [3.63, 3.8) is 0 Å². The first-order valence-corrected chi connectivity index (χ1v) is 9.38. The fourth-order valence-electron chi connectivity index (χ4n) is 2.52. The minimum atomic E-state index is -0.316. The van der Waals surface area contributed by atoms with E-state index >= 15 is 0 Å². The van der Waals surface area contributed by atoms with E-state index in [1.807, 2.05) is 18.2 Å². The topological polar surface area (TPSA) is 29.5 Å². The van der Waals surface area contributed by atoms with Crippen LogP contribution < -0.4 is 0 Å². The van der Waals surface area contributed by atoms with E-state index in [-0.39, 0.29) is 12.0 Å². The lowest BCUT2D eigenvalue weighted by atomic mass is 10.1. The molecule has 0 spiro atoms. The van der Waals surface area contributed by atoms with Crippen LogP contribution in [-0.2, 0) is 9.53 Å². The lowest BCUT2D eigenvalue weighted by molar-refractivity contribution is -0.140. The number of nitrogens with zero attached hydrogens (tertiary/aromatic N) is 1. The molecule has 1 aromatic carbocycles. The van der Waals surface area contributed by atoms with Crippen LogP contribution in [0.25, 0.3) is 6.08 Å². The first-order chi connectivity index (χ1) is 12.1. The quantitative estimate of drug-likeness (QED) is 0.391. The Hall–Kier alpha value is -1.87. The molecule has 0 aliphatic heterocycles. The molecule has 0 fully saturated rings. The summed E-state index contributed by atoms with van der Waals surface area (Å²) in [5.74, 6) is -0.316. The lowest BCUT2D eigenvalue weighted by Gasteiger charge is -2.29. The van der Waals surface area contributed by atoms with Gasteiger partial charge in [-0.3, -0.25) is 4.90 Å². The smallest absolute Gasteiger partial charge is 0.333 e. The summed E-state index contributed by atoms with van der Waals surface area (Å²) in [5, 5.41) is 0. The summed E-state index contributed by atoms with van der Waals surface area (Å²) in [4.78, 5) is 14.2. The van der Waals surface area contributed by atoms with Gasteiger partial charge < -0.3 is 4.74 Å². The molecule has 3 heteroatoms. The first-order valence-electron chi connectivity index (χ1n) is 9.38. The fraction of sp³-hybridized carbons (Fsp3) is 0.500. The largest absolute Gasteiger partial charge is 0.460 e. The van der Waals surface area contributed by atoms with E-state index in [9.17, 15) is 4.79 Å². The van der Waals surface area contributed by atoms with Crippen molar-refractivity contribution in [2.45, 2.75) is 52.5 Å². The minimum Gasteiger partial charge on any atom is -0.460 e. The maximum absolute atomic E-state index is 11.8. The van der Waals surface area contributed by atoms with Crippen LogP contribution in [0.3, 0.4) is 0 Å². The number of carbonyl (C=O) groups excluding carboxylic acids is 1. The fourth-order valence-corrected chi connectivity index (χ4v) is 2.52. The molecule has 0 N–H and O–H groups in total. The molecule has 1 atom stereocenters. The number of carbonyl (C=O) groups is 1. The molecule has 0 bridgehead atoms. The molecular formula is C22H33NO2. The van der Waals surface area contributed by atoms with Crippen LogP contribution in [0.4, 0.5) is 0 Å². The van der Waals surface area contributed by atoms with Gasteiger partial charge in [0.25, 0.3) is 0 Å². The third kappa shape index (κ3) is 8.69. The predicted molar refractivity (Wildman–Crippen MR) is 106 cm³/mol. The minimum absolute atomic E-state index is 0.0848. The van der Waals surface area contributed by atoms with Crippen LogP contribution in [0.1, 0.15) is 52.0 Å². The third-order valence-electron chi connectivity index (χ3n) is 4.11. The van der Waals surface area contributed by atoms with Crippen molar-refractivity contribution in [3.8, 4) is 0 Å². The molecule has 0 aromatic heterocycles. The van der Waals surface area contributed by atoms with Crippen molar-refractivity contribution >= 4 is 12.0 Å². The van der Waals surface area contributed by atoms with Crippen molar-refractivity contribution < 1.29 is 9.53 Å². The number of rotatable bonds is 12. The van der Waals surface area contributed by atoms with E-state index in [4.69, 9.17) is 4.74 Å². The maximum Gasteiger partial charge on any atom is 0.333 e. The Kier molecular flexibility index (Phi) is 10.6. The summed E-state index contributed by atoms with van der Waals surface area (Å²) < 4.78 is 5.46. The van der Waals surface area contributed by atoms with E-state index < -0.39 is 0 Å². The molecule has 0 saturated heterocycles. The van der Waals surface area contributed by atoms with Crippen molar-refractivity contribution in [1.29, 1.82) is 0 Å². The molecule has 0 aliphatic carbocycles. The van der Waals surface area contributed by atoms with Crippen molar-refractivity contribution in [2.24, 2.45) is 0 Å². The number of esters is 1. The summed E-state index contributed by atoms with van der Waals surface area (Å²) in [7, 11) is 0. The van der Waals surface area contributed by atoms with Gasteiger partial charge in [-0.1, -0.05) is 75.8 Å². The second-order valence-corrected chi connectivity index (χ2v) is 6.46. The second kappa shape index (κ2) is 12.5. The standard InChI is InChI=1S/C22H33NO2/c1-5-7-16-23(17-8-6-2)21(18-25-22(24)19(3)4)15-14-20-12-10-9-11-13-20/h9-15,21H,3,5-8,16-18H2,1-2,4H3. The van der Waals surface area contributed by atoms with Crippen molar-refractivity contribution in [3.05, 3.63) is 54.1 Å². The van der Waals surface area contributed by atoms with Gasteiger partial charge in [0.1, 0.15) is 6.61 Å². The number of hydrogen-bond donors (Lipinski definition) is 0. The molecule has 0 aliphatic rings. The average Bonchev–Trinajstić information content (AvgIpc) is 2.63. The Morgan fingerprint density at radius 2 is 1.76 bits per heavy atom. The van der Waals surface area contributed by atoms with E-state index in [1.54, 1.807) is 6.92 Å². The maximum atomic E-state index is 11.8. The van der Waals surface area contributed by atoms with E-state index in [1.165, 1.54) is 0 Å². The molecule has 138 valence electrons. The van der Waals surface area contributed by atoms with Crippen LogP contribution in [0.15, 0.2) is 48.6 Å². The average molecular weight is 344 g/mol.